The molecule has 2 heterocycles. The molecule has 8 heteroatoms. The van der Waals surface area contributed by atoms with Gasteiger partial charge in [0.15, 0.2) is 0 Å². The topological polar surface area (TPSA) is 95.0 Å². The number of piperidine rings is 2. The Hall–Kier alpha value is -1.15. The molecule has 132 valence electrons. The maximum atomic E-state index is 12.8. The van der Waals surface area contributed by atoms with Gasteiger partial charge in [-0.2, -0.15) is 4.31 Å². The minimum atomic E-state index is -3.39. The molecule has 2 fully saturated rings. The zero-order chi connectivity index (χ0) is 17.0. The Morgan fingerprint density at radius 2 is 1.87 bits per heavy atom. The summed E-state index contributed by atoms with van der Waals surface area (Å²) in [6.45, 7) is 1.59. The first-order valence-electron chi connectivity index (χ1n) is 8.26. The van der Waals surface area contributed by atoms with Gasteiger partial charge in [-0.3, -0.25) is 9.59 Å². The van der Waals surface area contributed by atoms with E-state index in [0.717, 1.165) is 31.9 Å². The van der Waals surface area contributed by atoms with Gasteiger partial charge in [0.1, 0.15) is 6.04 Å². The van der Waals surface area contributed by atoms with Crippen LogP contribution in [0.5, 0.6) is 0 Å². The average Bonchev–Trinajstić information content (AvgIpc) is 2.51. The minimum Gasteiger partial charge on any atom is -0.481 e. The zero-order valence-corrected chi connectivity index (χ0v) is 14.4. The molecule has 0 aromatic carbocycles. The van der Waals surface area contributed by atoms with Crippen molar-refractivity contribution >= 4 is 21.9 Å². The zero-order valence-electron chi connectivity index (χ0n) is 13.6. The van der Waals surface area contributed by atoms with Crippen molar-refractivity contribution in [2.45, 2.75) is 51.0 Å². The number of carbonyl (C=O) groups excluding carboxylic acids is 1. The molecule has 7 nitrogen and oxygen atoms in total. The average molecular weight is 346 g/mol. The van der Waals surface area contributed by atoms with Crippen LogP contribution in [0.3, 0.4) is 0 Å². The fraction of sp³-hybridized carbons (Fsp3) is 0.867. The van der Waals surface area contributed by atoms with Crippen molar-refractivity contribution in [2.24, 2.45) is 5.92 Å². The van der Waals surface area contributed by atoms with Crippen LogP contribution in [0.15, 0.2) is 0 Å². The van der Waals surface area contributed by atoms with Crippen LogP contribution >= 0.6 is 0 Å². The molecule has 0 radical (unpaired) electrons. The van der Waals surface area contributed by atoms with Crippen molar-refractivity contribution in [3.8, 4) is 0 Å². The Kier molecular flexibility index (Phi) is 6.02. The second kappa shape index (κ2) is 7.61. The summed E-state index contributed by atoms with van der Waals surface area (Å²) in [4.78, 5) is 25.2. The second-order valence-electron chi connectivity index (χ2n) is 6.61. The van der Waals surface area contributed by atoms with Crippen molar-refractivity contribution in [3.63, 3.8) is 0 Å². The van der Waals surface area contributed by atoms with Gasteiger partial charge in [-0.1, -0.05) is 6.42 Å². The molecule has 0 aliphatic carbocycles. The highest BCUT2D eigenvalue weighted by atomic mass is 32.2. The smallest absolute Gasteiger partial charge is 0.303 e. The van der Waals surface area contributed by atoms with Crippen molar-refractivity contribution in [1.82, 2.24) is 9.21 Å². The van der Waals surface area contributed by atoms with Crippen LogP contribution in [0.4, 0.5) is 0 Å². The van der Waals surface area contributed by atoms with Gasteiger partial charge in [-0.25, -0.2) is 8.42 Å². The third-order valence-corrected chi connectivity index (χ3v) is 6.05. The van der Waals surface area contributed by atoms with Gasteiger partial charge >= 0.3 is 5.97 Å². The van der Waals surface area contributed by atoms with E-state index in [-0.39, 0.29) is 18.2 Å². The lowest BCUT2D eigenvalue weighted by Crippen LogP contribution is -2.54. The monoisotopic (exact) mass is 346 g/mol. The highest BCUT2D eigenvalue weighted by Crippen LogP contribution is 2.26. The number of nitrogens with zero attached hydrogens (tertiary/aromatic N) is 2. The number of aliphatic carboxylic acids is 1. The van der Waals surface area contributed by atoms with Crippen molar-refractivity contribution < 1.29 is 23.1 Å². The van der Waals surface area contributed by atoms with E-state index in [9.17, 15) is 18.0 Å². The molecule has 2 rings (SSSR count). The molecule has 0 spiro atoms. The summed E-state index contributed by atoms with van der Waals surface area (Å²) >= 11 is 0. The number of hydrogen-bond acceptors (Lipinski definition) is 4. The Bertz CT molecular complexity index is 548. The summed E-state index contributed by atoms with van der Waals surface area (Å²) in [5.74, 6) is -0.738. The van der Waals surface area contributed by atoms with Gasteiger partial charge < -0.3 is 10.0 Å². The maximum Gasteiger partial charge on any atom is 0.303 e. The van der Waals surface area contributed by atoms with Crippen LogP contribution in [0.25, 0.3) is 0 Å². The van der Waals surface area contributed by atoms with Crippen LogP contribution in [0, 0.1) is 5.92 Å². The molecule has 2 atom stereocenters. The lowest BCUT2D eigenvalue weighted by Gasteiger charge is -2.39. The van der Waals surface area contributed by atoms with E-state index >= 15 is 0 Å². The van der Waals surface area contributed by atoms with E-state index in [1.165, 1.54) is 4.31 Å². The first-order valence-corrected chi connectivity index (χ1v) is 10.1. The van der Waals surface area contributed by atoms with Crippen LogP contribution in [0.1, 0.15) is 44.9 Å². The number of sulfonamides is 1. The van der Waals surface area contributed by atoms with Crippen molar-refractivity contribution in [3.05, 3.63) is 0 Å². The van der Waals surface area contributed by atoms with Crippen LogP contribution in [-0.4, -0.2) is 66.5 Å². The summed E-state index contributed by atoms with van der Waals surface area (Å²) < 4.78 is 25.2. The molecule has 0 aromatic rings. The molecule has 2 aliphatic heterocycles. The van der Waals surface area contributed by atoms with E-state index in [1.807, 2.05) is 0 Å². The van der Waals surface area contributed by atoms with Gasteiger partial charge in [0.25, 0.3) is 0 Å². The lowest BCUT2D eigenvalue weighted by atomic mass is 9.92. The van der Waals surface area contributed by atoms with Gasteiger partial charge in [0.2, 0.25) is 15.9 Å². The number of rotatable bonds is 5. The van der Waals surface area contributed by atoms with E-state index in [4.69, 9.17) is 5.11 Å². The summed E-state index contributed by atoms with van der Waals surface area (Å²) in [6, 6.07) is -0.586. The molecule has 2 aliphatic rings. The molecule has 1 N–H and O–H groups in total. The quantitative estimate of drug-likeness (QED) is 0.798. The normalized spacial score (nSPS) is 26.9. The summed E-state index contributed by atoms with van der Waals surface area (Å²) in [6.07, 6.45) is 5.84. The Balaban J connectivity index is 2.01. The Labute approximate surface area is 137 Å². The third-order valence-electron chi connectivity index (χ3n) is 4.76. The highest BCUT2D eigenvalue weighted by molar-refractivity contribution is 7.88. The number of carboxylic acids is 1. The number of hydrogen-bond donors (Lipinski definition) is 1. The van der Waals surface area contributed by atoms with E-state index in [1.54, 1.807) is 4.90 Å². The van der Waals surface area contributed by atoms with Crippen LogP contribution < -0.4 is 0 Å². The molecular formula is C15H26N2O5S. The van der Waals surface area contributed by atoms with E-state index in [0.29, 0.717) is 32.5 Å². The minimum absolute atomic E-state index is 0.116. The summed E-state index contributed by atoms with van der Waals surface area (Å²) in [5, 5.41) is 8.79. The molecule has 23 heavy (non-hydrogen) atoms. The van der Waals surface area contributed by atoms with E-state index < -0.39 is 22.0 Å². The number of carbonyl (C=O) groups is 2. The van der Waals surface area contributed by atoms with Gasteiger partial charge in [0.05, 0.1) is 6.26 Å². The fourth-order valence-corrected chi connectivity index (χ4v) is 4.71. The molecule has 0 saturated carbocycles. The molecule has 0 unspecified atom stereocenters. The van der Waals surface area contributed by atoms with E-state index in [2.05, 4.69) is 0 Å². The number of likely N-dealkylation sites (tertiary alicyclic amines) is 1. The molecule has 0 aromatic heterocycles. The largest absolute Gasteiger partial charge is 0.481 e. The molecule has 1 amide bonds. The summed E-state index contributed by atoms with van der Waals surface area (Å²) in [5.41, 5.74) is 0. The number of carboxylic acid groups (broad SMARTS) is 1. The third kappa shape index (κ3) is 4.91. The van der Waals surface area contributed by atoms with Crippen molar-refractivity contribution in [1.29, 1.82) is 0 Å². The van der Waals surface area contributed by atoms with Crippen LogP contribution in [-0.2, 0) is 19.6 Å². The van der Waals surface area contributed by atoms with Gasteiger partial charge in [-0.15, -0.1) is 0 Å². The summed E-state index contributed by atoms with van der Waals surface area (Å²) in [7, 11) is -3.39. The predicted molar refractivity (Wildman–Crippen MR) is 85.4 cm³/mol. The Morgan fingerprint density at radius 1 is 1.13 bits per heavy atom. The first-order chi connectivity index (χ1) is 10.8. The fourth-order valence-electron chi connectivity index (χ4n) is 3.59. The molecule has 0 bridgehead atoms. The predicted octanol–water partition coefficient (Wildman–Crippen LogP) is 0.904. The molecule has 2 saturated heterocycles. The standard InChI is InChI=1S/C15H26N2O5S/c1-23(21,22)17-10-3-2-6-13(17)15(20)16-9-4-5-12(11-16)7-8-14(18)19/h12-13H,2-11H2,1H3,(H,18,19)/t12-,13-/m0/s1. The van der Waals surface area contributed by atoms with Crippen molar-refractivity contribution in [2.75, 3.05) is 25.9 Å². The maximum absolute atomic E-state index is 12.8. The van der Waals surface area contributed by atoms with Crippen LogP contribution in [0.2, 0.25) is 0 Å². The SMILES string of the molecule is CS(=O)(=O)N1CCCC[C@H]1C(=O)N1CCC[C@@H](CCC(=O)O)C1. The van der Waals surface area contributed by atoms with Gasteiger partial charge in [0, 0.05) is 26.1 Å². The lowest BCUT2D eigenvalue weighted by molar-refractivity contribution is -0.138. The second-order valence-corrected chi connectivity index (χ2v) is 8.55. The molecular weight excluding hydrogens is 320 g/mol. The van der Waals surface area contributed by atoms with Gasteiger partial charge in [-0.05, 0) is 38.0 Å². The number of amides is 1. The first kappa shape index (κ1) is 18.2. The Morgan fingerprint density at radius 3 is 2.52 bits per heavy atom. The highest BCUT2D eigenvalue weighted by Gasteiger charge is 2.37.